The number of anilines is 1. The number of nitrogens with two attached hydrogens (primary N) is 1. The zero-order valence-electron chi connectivity index (χ0n) is 20.3. The Bertz CT molecular complexity index is 1350. The van der Waals surface area contributed by atoms with Gasteiger partial charge in [-0.05, 0) is 66.4 Å². The lowest BCUT2D eigenvalue weighted by molar-refractivity contribution is 0.0697. The summed E-state index contributed by atoms with van der Waals surface area (Å²) in [5.41, 5.74) is 10.1. The summed E-state index contributed by atoms with van der Waals surface area (Å²) >= 11 is 0. The predicted octanol–water partition coefficient (Wildman–Crippen LogP) is 3.06. The van der Waals surface area contributed by atoms with E-state index in [4.69, 9.17) is 15.6 Å². The first-order chi connectivity index (χ1) is 16.9. The number of carboxylic acid groups (broad SMARTS) is 1. The fourth-order valence-corrected chi connectivity index (χ4v) is 5.08. The highest BCUT2D eigenvalue weighted by atomic mass is 32.2. The Kier molecular flexibility index (Phi) is 8.24. The average molecular weight is 515 g/mol. The number of rotatable bonds is 10. The molecule has 0 radical (unpaired) electrons. The van der Waals surface area contributed by atoms with Gasteiger partial charge in [-0.15, -0.1) is 0 Å². The van der Waals surface area contributed by atoms with Crippen LogP contribution in [0.4, 0.5) is 5.69 Å². The number of aryl methyl sites for hydroxylation is 2. The molecule has 0 saturated heterocycles. The maximum absolute atomic E-state index is 11.9. The molecule has 9 nitrogen and oxygen atoms in total. The van der Waals surface area contributed by atoms with Gasteiger partial charge in [-0.3, -0.25) is 0 Å². The van der Waals surface area contributed by atoms with Gasteiger partial charge < -0.3 is 31.1 Å². The number of benzene rings is 3. The number of sulfone groups is 1. The Morgan fingerprint density at radius 3 is 2.25 bits per heavy atom. The van der Waals surface area contributed by atoms with Gasteiger partial charge in [0.15, 0.2) is 9.84 Å². The highest BCUT2D eigenvalue weighted by Gasteiger charge is 2.22. The molecule has 3 aromatic rings. The molecule has 0 unspecified atom stereocenters. The first-order valence-electron chi connectivity index (χ1n) is 11.2. The molecule has 0 heterocycles. The minimum Gasteiger partial charge on any atom is -0.507 e. The van der Waals surface area contributed by atoms with Crippen LogP contribution in [0.2, 0.25) is 0 Å². The van der Waals surface area contributed by atoms with Crippen LogP contribution < -0.4 is 15.8 Å². The molecule has 3 aromatic carbocycles. The first-order valence-corrected chi connectivity index (χ1v) is 13.1. The molecule has 0 fully saturated rings. The van der Waals surface area contributed by atoms with Crippen LogP contribution in [0.3, 0.4) is 0 Å². The monoisotopic (exact) mass is 514 g/mol. The van der Waals surface area contributed by atoms with Gasteiger partial charge in [-0.2, -0.15) is 0 Å². The predicted molar refractivity (Wildman–Crippen MR) is 137 cm³/mol. The van der Waals surface area contributed by atoms with Gasteiger partial charge in [0, 0.05) is 24.9 Å². The van der Waals surface area contributed by atoms with Crippen molar-refractivity contribution < 1.29 is 33.3 Å². The first kappa shape index (κ1) is 27.0. The summed E-state index contributed by atoms with van der Waals surface area (Å²) in [7, 11) is -3.76. The van der Waals surface area contributed by atoms with Crippen LogP contribution in [0.25, 0.3) is 11.1 Å². The molecular formula is C26H30N2O7S. The molecule has 10 heteroatoms. The van der Waals surface area contributed by atoms with Gasteiger partial charge in [-0.1, -0.05) is 18.2 Å². The molecular weight excluding hydrogens is 484 g/mol. The third-order valence-corrected chi connectivity index (χ3v) is 6.92. The number of aliphatic hydroxyl groups is 1. The summed E-state index contributed by atoms with van der Waals surface area (Å²) < 4.78 is 29.6. The number of carbonyl (C=O) groups is 1. The quantitative estimate of drug-likeness (QED) is 0.202. The molecule has 1 atom stereocenters. The number of nitrogen functional groups attached to an aromatic ring is 1. The number of nitrogens with one attached hydrogen (secondary N) is 1. The van der Waals surface area contributed by atoms with E-state index in [-0.39, 0.29) is 23.4 Å². The van der Waals surface area contributed by atoms with Crippen molar-refractivity contribution in [1.82, 2.24) is 5.32 Å². The summed E-state index contributed by atoms with van der Waals surface area (Å²) in [6, 6.07) is 13.1. The van der Waals surface area contributed by atoms with Crippen molar-refractivity contribution in [3.63, 3.8) is 0 Å². The van der Waals surface area contributed by atoms with Crippen LogP contribution in [0.1, 0.15) is 33.2 Å². The van der Waals surface area contributed by atoms with E-state index in [9.17, 15) is 23.4 Å². The minimum atomic E-state index is -3.76. The molecule has 0 bridgehead atoms. The van der Waals surface area contributed by atoms with Crippen molar-refractivity contribution in [2.45, 2.75) is 24.8 Å². The van der Waals surface area contributed by atoms with Crippen LogP contribution in [0, 0.1) is 13.8 Å². The lowest BCUT2D eigenvalue weighted by Crippen LogP contribution is -2.26. The molecule has 0 saturated carbocycles. The summed E-state index contributed by atoms with van der Waals surface area (Å²) in [5.74, 6) is -0.745. The van der Waals surface area contributed by atoms with Crippen molar-refractivity contribution in [1.29, 1.82) is 0 Å². The standard InChI is InChI=1S/C26H30N2O7S/c1-15-12-19(13-16(2)23(15)17-4-6-18(7-5-17)26(31)32)35-11-10-28-14-22(30)20-8-9-21(29)25(24(20)27)36(3,33)34/h4-9,12-13,22,28-30H,10-11,14,27H2,1-3H3,(H,31,32)/t22-/m0/s1. The highest BCUT2D eigenvalue weighted by molar-refractivity contribution is 7.91. The van der Waals surface area contributed by atoms with Gasteiger partial charge in [-0.25, -0.2) is 13.2 Å². The van der Waals surface area contributed by atoms with Gasteiger partial charge >= 0.3 is 5.97 Å². The maximum Gasteiger partial charge on any atom is 0.335 e. The van der Waals surface area contributed by atoms with Crippen molar-refractivity contribution in [3.05, 3.63) is 70.8 Å². The van der Waals surface area contributed by atoms with Crippen molar-refractivity contribution in [2.24, 2.45) is 0 Å². The molecule has 0 aliphatic carbocycles. The molecule has 3 rings (SSSR count). The fourth-order valence-electron chi connectivity index (χ4n) is 4.12. The Morgan fingerprint density at radius 1 is 1.08 bits per heavy atom. The van der Waals surface area contributed by atoms with E-state index in [2.05, 4.69) is 5.32 Å². The summed E-state index contributed by atoms with van der Waals surface area (Å²) in [6.07, 6.45) is -0.141. The third-order valence-electron chi connectivity index (χ3n) is 5.75. The van der Waals surface area contributed by atoms with E-state index >= 15 is 0 Å². The number of ether oxygens (including phenoxy) is 1. The van der Waals surface area contributed by atoms with E-state index in [0.29, 0.717) is 18.9 Å². The molecule has 0 aliphatic rings. The van der Waals surface area contributed by atoms with Crippen LogP contribution in [0.5, 0.6) is 11.5 Å². The topological polar surface area (TPSA) is 159 Å². The van der Waals surface area contributed by atoms with Crippen molar-refractivity contribution in [2.75, 3.05) is 31.7 Å². The van der Waals surface area contributed by atoms with Gasteiger partial charge in [0.2, 0.25) is 0 Å². The molecule has 0 aliphatic heterocycles. The van der Waals surface area contributed by atoms with Crippen LogP contribution >= 0.6 is 0 Å². The van der Waals surface area contributed by atoms with Gasteiger partial charge in [0.25, 0.3) is 0 Å². The Morgan fingerprint density at radius 2 is 1.69 bits per heavy atom. The Labute approximate surface area is 210 Å². The molecule has 0 amide bonds. The van der Waals surface area contributed by atoms with E-state index in [0.717, 1.165) is 28.5 Å². The zero-order chi connectivity index (χ0) is 26.6. The smallest absolute Gasteiger partial charge is 0.335 e. The highest BCUT2D eigenvalue weighted by Crippen LogP contribution is 2.34. The minimum absolute atomic E-state index is 0.102. The second-order valence-electron chi connectivity index (χ2n) is 8.57. The largest absolute Gasteiger partial charge is 0.507 e. The van der Waals surface area contributed by atoms with E-state index in [1.807, 2.05) is 26.0 Å². The molecule has 0 spiro atoms. The Balaban J connectivity index is 1.58. The number of phenols is 1. The van der Waals surface area contributed by atoms with Gasteiger partial charge in [0.1, 0.15) is 23.0 Å². The number of hydrogen-bond acceptors (Lipinski definition) is 8. The number of aliphatic hydroxyl groups excluding tert-OH is 1. The zero-order valence-corrected chi connectivity index (χ0v) is 21.1. The second kappa shape index (κ2) is 11.0. The summed E-state index contributed by atoms with van der Waals surface area (Å²) in [5, 5.41) is 32.4. The maximum atomic E-state index is 11.9. The fraction of sp³-hybridized carbons (Fsp3) is 0.269. The van der Waals surface area contributed by atoms with E-state index < -0.39 is 32.6 Å². The number of aromatic carboxylic acids is 1. The number of phenolic OH excluding ortho intramolecular Hbond substituents is 1. The lowest BCUT2D eigenvalue weighted by atomic mass is 9.95. The molecule has 0 aromatic heterocycles. The van der Waals surface area contributed by atoms with Crippen LogP contribution in [-0.4, -0.2) is 55.7 Å². The summed E-state index contributed by atoms with van der Waals surface area (Å²) in [6.45, 7) is 4.75. The van der Waals surface area contributed by atoms with E-state index in [1.165, 1.54) is 12.1 Å². The Hall–Kier alpha value is -3.60. The lowest BCUT2D eigenvalue weighted by Gasteiger charge is -2.17. The van der Waals surface area contributed by atoms with Crippen molar-refractivity contribution >= 4 is 21.5 Å². The van der Waals surface area contributed by atoms with Crippen molar-refractivity contribution in [3.8, 4) is 22.6 Å². The number of carboxylic acids is 1. The number of aromatic hydroxyl groups is 1. The van der Waals surface area contributed by atoms with Crippen LogP contribution in [0.15, 0.2) is 53.4 Å². The normalized spacial score (nSPS) is 12.3. The summed E-state index contributed by atoms with van der Waals surface area (Å²) in [4.78, 5) is 10.7. The molecule has 6 N–H and O–H groups in total. The van der Waals surface area contributed by atoms with Gasteiger partial charge in [0.05, 0.1) is 17.4 Å². The van der Waals surface area contributed by atoms with E-state index in [1.54, 1.807) is 24.3 Å². The van der Waals surface area contributed by atoms with Crippen LogP contribution in [-0.2, 0) is 9.84 Å². The SMILES string of the molecule is Cc1cc(OCCNC[C@H](O)c2ccc(O)c(S(C)(=O)=O)c2N)cc(C)c1-c1ccc(C(=O)O)cc1. The molecule has 36 heavy (non-hydrogen) atoms. The second-order valence-corrected chi connectivity index (χ2v) is 10.5. The number of hydrogen-bond donors (Lipinski definition) is 5. The average Bonchev–Trinajstić information content (AvgIpc) is 2.77. The third kappa shape index (κ3) is 6.14. The molecule has 192 valence electrons.